The zero-order chi connectivity index (χ0) is 24.2. The Morgan fingerprint density at radius 2 is 1.52 bits per heavy atom. The lowest BCUT2D eigenvalue weighted by Gasteiger charge is -2.45. The van der Waals surface area contributed by atoms with E-state index in [4.69, 9.17) is 17.3 Å². The summed E-state index contributed by atoms with van der Waals surface area (Å²) >= 11 is 0. The Balaban J connectivity index is 2.32. The van der Waals surface area contributed by atoms with Crippen molar-refractivity contribution in [2.45, 2.75) is 83.8 Å². The minimum absolute atomic E-state index is 0.0195. The highest BCUT2D eigenvalue weighted by Gasteiger charge is 2.51. The van der Waals surface area contributed by atoms with E-state index >= 15 is 0 Å². The van der Waals surface area contributed by atoms with Crippen molar-refractivity contribution in [3.63, 3.8) is 0 Å². The molecule has 0 fully saturated rings. The number of allylic oxidation sites excluding steroid dienone is 2. The highest BCUT2D eigenvalue weighted by Crippen LogP contribution is 2.38. The van der Waals surface area contributed by atoms with E-state index < -0.39 is 8.32 Å². The van der Waals surface area contributed by atoms with Crippen molar-refractivity contribution >= 4 is 18.7 Å². The standard InChI is InChI=1S/C31H40OSi/c1-7-9-10-11-14-20-27(3)25-26-28(19-8-2)32-33(31(4,5)6,29-21-15-12-16-22-29)30-23-17-13-18-24-30/h1-2,12-13,15-18,20-24,28H,9-11,14,19,25-26H2,3-6H3/b27-20+/t28-/m1/s1. The third-order valence-corrected chi connectivity index (χ3v) is 11.3. The molecule has 0 aliphatic rings. The van der Waals surface area contributed by atoms with Gasteiger partial charge < -0.3 is 4.43 Å². The predicted octanol–water partition coefficient (Wildman–Crippen LogP) is 6.88. The Bertz CT molecular complexity index is 899. The van der Waals surface area contributed by atoms with Crippen LogP contribution >= 0.6 is 0 Å². The summed E-state index contributed by atoms with van der Waals surface area (Å²) in [6.07, 6.45) is 20.3. The molecular weight excluding hydrogens is 416 g/mol. The van der Waals surface area contributed by atoms with Gasteiger partial charge in [-0.05, 0) is 54.4 Å². The predicted molar refractivity (Wildman–Crippen MR) is 146 cm³/mol. The van der Waals surface area contributed by atoms with Crippen molar-refractivity contribution in [1.82, 2.24) is 0 Å². The van der Waals surface area contributed by atoms with Gasteiger partial charge in [0, 0.05) is 12.8 Å². The van der Waals surface area contributed by atoms with E-state index in [2.05, 4.69) is 106 Å². The molecule has 0 spiro atoms. The molecule has 0 saturated heterocycles. The van der Waals surface area contributed by atoms with Crippen molar-refractivity contribution < 1.29 is 4.43 Å². The van der Waals surface area contributed by atoms with Crippen molar-refractivity contribution in [3.05, 3.63) is 72.3 Å². The number of hydrogen-bond acceptors (Lipinski definition) is 1. The third-order valence-electron chi connectivity index (χ3n) is 6.23. The van der Waals surface area contributed by atoms with Gasteiger partial charge in [0.05, 0.1) is 6.10 Å². The first-order valence-corrected chi connectivity index (χ1v) is 14.1. The maximum absolute atomic E-state index is 7.27. The molecule has 0 amide bonds. The summed E-state index contributed by atoms with van der Waals surface area (Å²) in [7, 11) is -2.60. The van der Waals surface area contributed by atoms with Crippen LogP contribution in [0.5, 0.6) is 0 Å². The summed E-state index contributed by atoms with van der Waals surface area (Å²) in [6, 6.07) is 21.6. The van der Waals surface area contributed by atoms with Gasteiger partial charge in [-0.15, -0.1) is 24.7 Å². The summed E-state index contributed by atoms with van der Waals surface area (Å²) in [4.78, 5) is 0. The third kappa shape index (κ3) is 7.50. The minimum Gasteiger partial charge on any atom is -0.403 e. The first kappa shape index (κ1) is 26.7. The lowest BCUT2D eigenvalue weighted by Crippen LogP contribution is -2.67. The lowest BCUT2D eigenvalue weighted by atomic mass is 10.0. The summed E-state index contributed by atoms with van der Waals surface area (Å²) < 4.78 is 7.27. The van der Waals surface area contributed by atoms with Gasteiger partial charge in [0.25, 0.3) is 8.32 Å². The van der Waals surface area contributed by atoms with E-state index in [-0.39, 0.29) is 11.1 Å². The fourth-order valence-electron chi connectivity index (χ4n) is 4.49. The topological polar surface area (TPSA) is 9.23 Å². The molecule has 0 N–H and O–H groups in total. The molecule has 2 aromatic rings. The van der Waals surface area contributed by atoms with E-state index in [1.807, 2.05) is 0 Å². The molecule has 0 unspecified atom stereocenters. The average molecular weight is 457 g/mol. The smallest absolute Gasteiger partial charge is 0.261 e. The second-order valence-electron chi connectivity index (χ2n) is 9.85. The van der Waals surface area contributed by atoms with Crippen molar-refractivity contribution in [2.24, 2.45) is 0 Å². The fraction of sp³-hybridized carbons (Fsp3) is 0.419. The van der Waals surface area contributed by atoms with E-state index in [0.29, 0.717) is 6.42 Å². The molecular formula is C31H40OSi. The summed E-state index contributed by atoms with van der Waals surface area (Å²) in [6.45, 7) is 9.16. The van der Waals surface area contributed by atoms with Gasteiger partial charge in [0.2, 0.25) is 0 Å². The largest absolute Gasteiger partial charge is 0.403 e. The number of benzene rings is 2. The van der Waals surface area contributed by atoms with Gasteiger partial charge in [0.1, 0.15) is 0 Å². The molecule has 2 aromatic carbocycles. The highest BCUT2D eigenvalue weighted by molar-refractivity contribution is 6.99. The summed E-state index contributed by atoms with van der Waals surface area (Å²) in [5.74, 6) is 5.61. The van der Waals surface area contributed by atoms with Gasteiger partial charge in [-0.3, -0.25) is 0 Å². The maximum Gasteiger partial charge on any atom is 0.261 e. The van der Waals surface area contributed by atoms with Crippen LogP contribution in [-0.4, -0.2) is 14.4 Å². The second-order valence-corrected chi connectivity index (χ2v) is 14.1. The zero-order valence-corrected chi connectivity index (χ0v) is 21.9. The van der Waals surface area contributed by atoms with Crippen LogP contribution in [-0.2, 0) is 4.43 Å². The van der Waals surface area contributed by atoms with Gasteiger partial charge in [-0.25, -0.2) is 0 Å². The Hall–Kier alpha value is -2.52. The van der Waals surface area contributed by atoms with Crippen LogP contribution in [0.1, 0.15) is 72.6 Å². The number of unbranched alkanes of at least 4 members (excludes halogenated alkanes) is 3. The van der Waals surface area contributed by atoms with Crippen LogP contribution in [0, 0.1) is 24.7 Å². The molecule has 2 heteroatoms. The van der Waals surface area contributed by atoms with E-state index in [0.717, 1.165) is 38.5 Å². The maximum atomic E-state index is 7.27. The molecule has 0 radical (unpaired) electrons. The second kappa shape index (κ2) is 13.2. The monoisotopic (exact) mass is 456 g/mol. The van der Waals surface area contributed by atoms with Gasteiger partial charge in [-0.2, -0.15) is 0 Å². The number of rotatable bonds is 12. The molecule has 2 rings (SSSR count). The average Bonchev–Trinajstić information content (AvgIpc) is 2.81. The Labute approximate surface area is 203 Å². The van der Waals surface area contributed by atoms with Crippen molar-refractivity contribution in [3.8, 4) is 24.7 Å². The van der Waals surface area contributed by atoms with Crippen LogP contribution in [0.2, 0.25) is 5.04 Å². The molecule has 1 atom stereocenters. The molecule has 0 bridgehead atoms. The SMILES string of the molecule is C#CCCCC/C=C(\C)CC[C@@H](CC#C)O[Si](c1ccccc1)(c1ccccc1)C(C)(C)C. The van der Waals surface area contributed by atoms with E-state index in [1.54, 1.807) is 0 Å². The van der Waals surface area contributed by atoms with Crippen LogP contribution in [0.4, 0.5) is 0 Å². The Morgan fingerprint density at radius 1 is 0.939 bits per heavy atom. The molecule has 0 aromatic heterocycles. The first-order chi connectivity index (χ1) is 15.8. The van der Waals surface area contributed by atoms with Gasteiger partial charge >= 0.3 is 0 Å². The first-order valence-electron chi connectivity index (χ1n) is 12.2. The van der Waals surface area contributed by atoms with Crippen molar-refractivity contribution in [1.29, 1.82) is 0 Å². The zero-order valence-electron chi connectivity index (χ0n) is 20.9. The van der Waals surface area contributed by atoms with Crippen LogP contribution in [0.15, 0.2) is 72.3 Å². The van der Waals surface area contributed by atoms with Gasteiger partial charge in [0.15, 0.2) is 0 Å². The number of hydrogen-bond donors (Lipinski definition) is 0. The summed E-state index contributed by atoms with van der Waals surface area (Å²) in [5.41, 5.74) is 1.41. The normalized spacial score (nSPS) is 13.2. The number of terminal acetylenes is 2. The quantitative estimate of drug-likeness (QED) is 0.146. The molecule has 0 aliphatic carbocycles. The molecule has 1 nitrogen and oxygen atoms in total. The van der Waals surface area contributed by atoms with Crippen LogP contribution < -0.4 is 10.4 Å². The fourth-order valence-corrected chi connectivity index (χ4v) is 9.20. The molecule has 174 valence electrons. The highest BCUT2D eigenvalue weighted by atomic mass is 28.4. The Kier molecular flexibility index (Phi) is 10.7. The van der Waals surface area contributed by atoms with E-state index in [9.17, 15) is 0 Å². The molecule has 0 saturated carbocycles. The molecule has 0 aliphatic heterocycles. The Morgan fingerprint density at radius 3 is 2.00 bits per heavy atom. The van der Waals surface area contributed by atoms with Gasteiger partial charge in [-0.1, -0.05) is 93.1 Å². The minimum atomic E-state index is -2.60. The summed E-state index contributed by atoms with van der Waals surface area (Å²) in [5, 5.41) is 2.54. The molecule has 33 heavy (non-hydrogen) atoms. The molecule has 0 heterocycles. The lowest BCUT2D eigenvalue weighted by molar-refractivity contribution is 0.183. The van der Waals surface area contributed by atoms with Crippen LogP contribution in [0.3, 0.4) is 0 Å². The van der Waals surface area contributed by atoms with Crippen molar-refractivity contribution in [2.75, 3.05) is 0 Å². The van der Waals surface area contributed by atoms with Crippen LogP contribution in [0.25, 0.3) is 0 Å². The van der Waals surface area contributed by atoms with E-state index in [1.165, 1.54) is 15.9 Å².